The Hall–Kier alpha value is -0.710. The molecule has 1 rings (SSSR count). The molecule has 1 N–H and O–H groups in total. The lowest BCUT2D eigenvalue weighted by atomic mass is 10.1. The molecule has 14 heavy (non-hydrogen) atoms. The summed E-state index contributed by atoms with van der Waals surface area (Å²) in [4.78, 5) is 10.7. The normalized spacial score (nSPS) is 30.1. The molecular weight excluding hydrogens is 194 g/mol. The van der Waals surface area contributed by atoms with Gasteiger partial charge in [0.15, 0.2) is 5.41 Å². The van der Waals surface area contributed by atoms with Crippen molar-refractivity contribution in [2.75, 3.05) is 6.61 Å². The second-order valence-electron chi connectivity index (χ2n) is 4.67. The smallest absolute Gasteiger partial charge is 0.318 e. The Balaban J connectivity index is 2.62. The Bertz CT molecular complexity index is 257. The zero-order valence-electron chi connectivity index (χ0n) is 8.43. The maximum Gasteiger partial charge on any atom is 0.318 e. The van der Waals surface area contributed by atoms with Crippen LogP contribution in [0.1, 0.15) is 27.2 Å². The Morgan fingerprint density at radius 1 is 1.50 bits per heavy atom. The zero-order chi connectivity index (χ0) is 11.2. The van der Waals surface area contributed by atoms with Gasteiger partial charge in [0.2, 0.25) is 0 Å². The standard InChI is InChI=1S/C9H14F2O3/c1-7(2,3)14-5-8(6(12)13)4-9(8,10)11/h4-5H2,1-3H3,(H,12,13). The molecule has 0 radical (unpaired) electrons. The fourth-order valence-corrected chi connectivity index (χ4v) is 1.12. The minimum Gasteiger partial charge on any atom is -0.481 e. The van der Waals surface area contributed by atoms with Crippen LogP contribution in [-0.2, 0) is 9.53 Å². The van der Waals surface area contributed by atoms with Crippen molar-refractivity contribution in [1.82, 2.24) is 0 Å². The van der Waals surface area contributed by atoms with Crippen molar-refractivity contribution < 1.29 is 23.4 Å². The number of ether oxygens (including phenoxy) is 1. The number of hydrogen-bond acceptors (Lipinski definition) is 2. The summed E-state index contributed by atoms with van der Waals surface area (Å²) in [5, 5.41) is 8.68. The maximum absolute atomic E-state index is 12.8. The topological polar surface area (TPSA) is 46.5 Å². The molecule has 1 fully saturated rings. The molecular formula is C9H14F2O3. The number of carbonyl (C=O) groups is 1. The number of carboxylic acid groups (broad SMARTS) is 1. The van der Waals surface area contributed by atoms with Gasteiger partial charge >= 0.3 is 5.97 Å². The highest BCUT2D eigenvalue weighted by Crippen LogP contribution is 2.61. The molecule has 0 aromatic carbocycles. The number of aliphatic carboxylic acids is 1. The quantitative estimate of drug-likeness (QED) is 0.770. The zero-order valence-corrected chi connectivity index (χ0v) is 8.43. The van der Waals surface area contributed by atoms with Crippen LogP contribution in [0.15, 0.2) is 0 Å². The van der Waals surface area contributed by atoms with Crippen LogP contribution in [-0.4, -0.2) is 29.2 Å². The number of carboxylic acids is 1. The summed E-state index contributed by atoms with van der Waals surface area (Å²) in [6.45, 7) is 4.66. The van der Waals surface area contributed by atoms with Crippen LogP contribution >= 0.6 is 0 Å². The molecule has 1 aliphatic rings. The highest BCUT2D eigenvalue weighted by Gasteiger charge is 2.76. The van der Waals surface area contributed by atoms with Crippen LogP contribution in [0.3, 0.4) is 0 Å². The predicted molar refractivity (Wildman–Crippen MR) is 45.3 cm³/mol. The number of rotatable bonds is 3. The van der Waals surface area contributed by atoms with Crippen LogP contribution in [0.5, 0.6) is 0 Å². The van der Waals surface area contributed by atoms with E-state index in [1.54, 1.807) is 20.8 Å². The Morgan fingerprint density at radius 3 is 2.14 bits per heavy atom. The first-order chi connectivity index (χ1) is 6.11. The average molecular weight is 208 g/mol. The summed E-state index contributed by atoms with van der Waals surface area (Å²) < 4.78 is 30.7. The van der Waals surface area contributed by atoms with E-state index in [-0.39, 0.29) is 0 Å². The highest BCUT2D eigenvalue weighted by atomic mass is 19.3. The number of hydrogen-bond donors (Lipinski definition) is 1. The number of alkyl halides is 2. The van der Waals surface area contributed by atoms with Gasteiger partial charge < -0.3 is 9.84 Å². The molecule has 0 heterocycles. The lowest BCUT2D eigenvalue weighted by Crippen LogP contribution is -2.32. The van der Waals surface area contributed by atoms with E-state index in [4.69, 9.17) is 9.84 Å². The summed E-state index contributed by atoms with van der Waals surface area (Å²) in [5.41, 5.74) is -2.58. The minimum atomic E-state index is -3.12. The van der Waals surface area contributed by atoms with E-state index < -0.39 is 35.9 Å². The van der Waals surface area contributed by atoms with Gasteiger partial charge in [-0.1, -0.05) is 0 Å². The van der Waals surface area contributed by atoms with E-state index in [9.17, 15) is 13.6 Å². The summed E-state index contributed by atoms with van der Waals surface area (Å²) in [6.07, 6.45) is -0.620. The van der Waals surface area contributed by atoms with Crippen LogP contribution in [0, 0.1) is 5.41 Å². The Morgan fingerprint density at radius 2 is 1.93 bits per heavy atom. The first-order valence-electron chi connectivity index (χ1n) is 4.36. The van der Waals surface area contributed by atoms with Gasteiger partial charge in [0.05, 0.1) is 12.2 Å². The Kier molecular flexibility index (Phi) is 2.34. The third-order valence-electron chi connectivity index (χ3n) is 2.26. The molecule has 1 atom stereocenters. The summed E-state index contributed by atoms with van der Waals surface area (Å²) in [5.74, 6) is -4.60. The van der Waals surface area contributed by atoms with Crippen LogP contribution in [0.2, 0.25) is 0 Å². The van der Waals surface area contributed by atoms with Gasteiger partial charge in [0, 0.05) is 6.42 Å². The third-order valence-corrected chi connectivity index (χ3v) is 2.26. The SMILES string of the molecule is CC(C)(C)OCC1(C(=O)O)CC1(F)F. The maximum atomic E-state index is 12.8. The molecule has 0 saturated heterocycles. The molecule has 1 saturated carbocycles. The summed E-state index contributed by atoms with van der Waals surface area (Å²) >= 11 is 0. The third kappa shape index (κ3) is 1.87. The van der Waals surface area contributed by atoms with Crippen molar-refractivity contribution in [1.29, 1.82) is 0 Å². The predicted octanol–water partition coefficient (Wildman–Crippen LogP) is 1.91. The fraction of sp³-hybridized carbons (Fsp3) is 0.889. The van der Waals surface area contributed by atoms with E-state index in [0.717, 1.165) is 0 Å². The molecule has 0 bridgehead atoms. The summed E-state index contributed by atoms with van der Waals surface area (Å²) in [7, 11) is 0. The molecule has 5 heteroatoms. The van der Waals surface area contributed by atoms with E-state index in [1.807, 2.05) is 0 Å². The van der Waals surface area contributed by atoms with Gasteiger partial charge in [-0.05, 0) is 20.8 Å². The van der Waals surface area contributed by atoms with Gasteiger partial charge in [-0.3, -0.25) is 4.79 Å². The average Bonchev–Trinajstić information content (AvgIpc) is 2.49. The second-order valence-corrected chi connectivity index (χ2v) is 4.67. The van der Waals surface area contributed by atoms with Gasteiger partial charge in [-0.15, -0.1) is 0 Å². The van der Waals surface area contributed by atoms with Gasteiger partial charge in [-0.25, -0.2) is 8.78 Å². The lowest BCUT2D eigenvalue weighted by molar-refractivity contribution is -0.154. The van der Waals surface area contributed by atoms with E-state index in [2.05, 4.69) is 0 Å². The van der Waals surface area contributed by atoms with Crippen molar-refractivity contribution in [2.45, 2.75) is 38.7 Å². The van der Waals surface area contributed by atoms with Crippen LogP contribution in [0.25, 0.3) is 0 Å². The van der Waals surface area contributed by atoms with Crippen molar-refractivity contribution in [3.8, 4) is 0 Å². The minimum absolute atomic E-state index is 0.432. The lowest BCUT2D eigenvalue weighted by Gasteiger charge is -2.22. The molecule has 0 aliphatic heterocycles. The molecule has 1 unspecified atom stereocenters. The van der Waals surface area contributed by atoms with Crippen LogP contribution < -0.4 is 0 Å². The summed E-state index contributed by atoms with van der Waals surface area (Å²) in [6, 6.07) is 0. The first kappa shape index (κ1) is 11.4. The van der Waals surface area contributed by atoms with Crippen molar-refractivity contribution in [3.05, 3.63) is 0 Å². The van der Waals surface area contributed by atoms with Gasteiger partial charge in [0.1, 0.15) is 0 Å². The van der Waals surface area contributed by atoms with E-state index >= 15 is 0 Å². The van der Waals surface area contributed by atoms with Crippen molar-refractivity contribution >= 4 is 5.97 Å². The van der Waals surface area contributed by atoms with E-state index in [0.29, 0.717) is 0 Å². The Labute approximate surface area is 81.1 Å². The van der Waals surface area contributed by atoms with Crippen molar-refractivity contribution in [2.24, 2.45) is 5.41 Å². The molecule has 0 aromatic heterocycles. The number of halogens is 2. The van der Waals surface area contributed by atoms with E-state index in [1.165, 1.54) is 0 Å². The fourth-order valence-electron chi connectivity index (χ4n) is 1.12. The first-order valence-corrected chi connectivity index (χ1v) is 4.36. The monoisotopic (exact) mass is 208 g/mol. The molecule has 0 aromatic rings. The van der Waals surface area contributed by atoms with Gasteiger partial charge in [-0.2, -0.15) is 0 Å². The molecule has 3 nitrogen and oxygen atoms in total. The molecule has 0 spiro atoms. The largest absolute Gasteiger partial charge is 0.481 e. The van der Waals surface area contributed by atoms with Crippen molar-refractivity contribution in [3.63, 3.8) is 0 Å². The van der Waals surface area contributed by atoms with Crippen LogP contribution in [0.4, 0.5) is 8.78 Å². The highest BCUT2D eigenvalue weighted by molar-refractivity contribution is 5.80. The second kappa shape index (κ2) is 2.89. The van der Waals surface area contributed by atoms with Gasteiger partial charge in [0.25, 0.3) is 5.92 Å². The molecule has 82 valence electrons. The molecule has 1 aliphatic carbocycles. The molecule has 0 amide bonds.